The molecule has 2 aromatic rings. The third-order valence-corrected chi connectivity index (χ3v) is 3.69. The number of para-hydroxylation sites is 1. The van der Waals surface area contributed by atoms with Crippen molar-refractivity contribution < 1.29 is 4.74 Å². The van der Waals surface area contributed by atoms with Gasteiger partial charge < -0.3 is 15.0 Å². The molecule has 112 valence electrons. The minimum absolute atomic E-state index is 0.602. The second-order valence-electron chi connectivity index (χ2n) is 4.84. The van der Waals surface area contributed by atoms with Gasteiger partial charge in [-0.05, 0) is 30.3 Å². The Morgan fingerprint density at radius 1 is 1.14 bits per heavy atom. The van der Waals surface area contributed by atoms with Crippen LogP contribution in [-0.2, 0) is 6.54 Å². The van der Waals surface area contributed by atoms with Crippen LogP contribution in [0.2, 0.25) is 10.0 Å². The molecule has 0 unspecified atom stereocenters. The summed E-state index contributed by atoms with van der Waals surface area (Å²) in [7, 11) is 5.58. The van der Waals surface area contributed by atoms with Crippen LogP contribution in [0, 0.1) is 0 Å². The van der Waals surface area contributed by atoms with Crippen molar-refractivity contribution in [3.63, 3.8) is 0 Å². The van der Waals surface area contributed by atoms with E-state index in [0.29, 0.717) is 16.6 Å². The van der Waals surface area contributed by atoms with Gasteiger partial charge in [0.1, 0.15) is 5.75 Å². The molecule has 0 aromatic heterocycles. The largest absolute Gasteiger partial charge is 0.496 e. The molecule has 0 radical (unpaired) electrons. The fourth-order valence-corrected chi connectivity index (χ4v) is 2.73. The van der Waals surface area contributed by atoms with Gasteiger partial charge in [0.2, 0.25) is 0 Å². The quantitative estimate of drug-likeness (QED) is 0.864. The van der Waals surface area contributed by atoms with Crippen LogP contribution in [0.3, 0.4) is 0 Å². The van der Waals surface area contributed by atoms with Crippen LogP contribution in [0.15, 0.2) is 36.4 Å². The van der Waals surface area contributed by atoms with E-state index in [9.17, 15) is 0 Å². The third-order valence-electron chi connectivity index (χ3n) is 3.15. The number of nitrogens with one attached hydrogen (secondary N) is 1. The molecule has 3 nitrogen and oxygen atoms in total. The first-order chi connectivity index (χ1) is 10.0. The minimum Gasteiger partial charge on any atom is -0.496 e. The van der Waals surface area contributed by atoms with Gasteiger partial charge in [0.25, 0.3) is 0 Å². The van der Waals surface area contributed by atoms with E-state index >= 15 is 0 Å². The molecular weight excluding hydrogens is 307 g/mol. The molecular formula is C16H18Cl2N2O. The van der Waals surface area contributed by atoms with Crippen molar-refractivity contribution in [3.8, 4) is 5.75 Å². The summed E-state index contributed by atoms with van der Waals surface area (Å²) in [5, 5.41) is 4.79. The Hall–Kier alpha value is -1.58. The Kier molecular flexibility index (Phi) is 5.21. The van der Waals surface area contributed by atoms with Crippen molar-refractivity contribution >= 4 is 34.6 Å². The molecule has 2 rings (SSSR count). The summed E-state index contributed by atoms with van der Waals surface area (Å²) in [5.41, 5.74) is 2.92. The fourth-order valence-electron chi connectivity index (χ4n) is 2.19. The molecule has 0 amide bonds. The number of hydrogen-bond donors (Lipinski definition) is 1. The smallest absolute Gasteiger partial charge is 0.123 e. The maximum absolute atomic E-state index is 6.26. The first-order valence-corrected chi connectivity index (χ1v) is 7.30. The SMILES string of the molecule is COc1ccc(Cl)cc1CNc1cccc(Cl)c1N(C)C. The maximum atomic E-state index is 6.26. The number of nitrogens with zero attached hydrogens (tertiary/aromatic N) is 1. The molecule has 1 N–H and O–H groups in total. The normalized spacial score (nSPS) is 10.3. The van der Waals surface area contributed by atoms with Crippen LogP contribution in [0.25, 0.3) is 0 Å². The summed E-state index contributed by atoms with van der Waals surface area (Å²) >= 11 is 12.3. The molecule has 0 saturated carbocycles. The average Bonchev–Trinajstić information content (AvgIpc) is 2.44. The predicted molar refractivity (Wildman–Crippen MR) is 91.1 cm³/mol. The van der Waals surface area contributed by atoms with Gasteiger partial charge in [0, 0.05) is 31.2 Å². The van der Waals surface area contributed by atoms with E-state index in [2.05, 4.69) is 5.32 Å². The van der Waals surface area contributed by atoms with Crippen LogP contribution >= 0.6 is 23.2 Å². The lowest BCUT2D eigenvalue weighted by atomic mass is 10.2. The Bertz CT molecular complexity index is 630. The van der Waals surface area contributed by atoms with Crippen molar-refractivity contribution in [2.45, 2.75) is 6.54 Å². The minimum atomic E-state index is 0.602. The van der Waals surface area contributed by atoms with E-state index in [0.717, 1.165) is 22.7 Å². The van der Waals surface area contributed by atoms with Crippen LogP contribution in [0.4, 0.5) is 11.4 Å². The number of hydrogen-bond acceptors (Lipinski definition) is 3. The van der Waals surface area contributed by atoms with Crippen LogP contribution in [0.5, 0.6) is 5.75 Å². The van der Waals surface area contributed by atoms with Crippen LogP contribution in [0.1, 0.15) is 5.56 Å². The number of halogens is 2. The highest BCUT2D eigenvalue weighted by Gasteiger charge is 2.10. The molecule has 5 heteroatoms. The predicted octanol–water partition coefficient (Wildman–Crippen LogP) is 4.68. The van der Waals surface area contributed by atoms with E-state index < -0.39 is 0 Å². The number of ether oxygens (including phenoxy) is 1. The van der Waals surface area contributed by atoms with E-state index in [1.54, 1.807) is 7.11 Å². The van der Waals surface area contributed by atoms with Gasteiger partial charge in [-0.2, -0.15) is 0 Å². The third kappa shape index (κ3) is 3.74. The molecule has 0 heterocycles. The van der Waals surface area contributed by atoms with Crippen molar-refractivity contribution in [2.75, 3.05) is 31.4 Å². The second-order valence-corrected chi connectivity index (χ2v) is 5.68. The molecule has 0 aliphatic rings. The summed E-state index contributed by atoms with van der Waals surface area (Å²) < 4.78 is 5.36. The molecule has 0 aliphatic carbocycles. The zero-order chi connectivity index (χ0) is 15.4. The lowest BCUT2D eigenvalue weighted by molar-refractivity contribution is 0.410. The summed E-state index contributed by atoms with van der Waals surface area (Å²) in [6, 6.07) is 11.4. The average molecular weight is 325 g/mol. The van der Waals surface area contributed by atoms with E-state index in [1.807, 2.05) is 55.4 Å². The first-order valence-electron chi connectivity index (χ1n) is 6.55. The molecule has 2 aromatic carbocycles. The van der Waals surface area contributed by atoms with Crippen molar-refractivity contribution in [1.82, 2.24) is 0 Å². The first kappa shape index (κ1) is 15.8. The van der Waals surface area contributed by atoms with Gasteiger partial charge in [-0.1, -0.05) is 29.3 Å². The Balaban J connectivity index is 2.25. The van der Waals surface area contributed by atoms with Gasteiger partial charge in [-0.15, -0.1) is 0 Å². The summed E-state index contributed by atoms with van der Waals surface area (Å²) in [4.78, 5) is 1.99. The lowest BCUT2D eigenvalue weighted by Crippen LogP contribution is -2.13. The van der Waals surface area contributed by atoms with Gasteiger partial charge >= 0.3 is 0 Å². The number of methoxy groups -OCH3 is 1. The fraction of sp³-hybridized carbons (Fsp3) is 0.250. The van der Waals surface area contributed by atoms with E-state index in [-0.39, 0.29) is 0 Å². The Morgan fingerprint density at radius 2 is 1.90 bits per heavy atom. The van der Waals surface area contributed by atoms with Crippen molar-refractivity contribution in [3.05, 3.63) is 52.0 Å². The molecule has 0 aliphatic heterocycles. The Labute approximate surface area is 135 Å². The number of anilines is 2. The molecule has 21 heavy (non-hydrogen) atoms. The lowest BCUT2D eigenvalue weighted by Gasteiger charge is -2.20. The van der Waals surface area contributed by atoms with Crippen LogP contribution in [-0.4, -0.2) is 21.2 Å². The molecule has 0 bridgehead atoms. The monoisotopic (exact) mass is 324 g/mol. The summed E-state index contributed by atoms with van der Waals surface area (Å²) in [6.07, 6.45) is 0. The zero-order valence-electron chi connectivity index (χ0n) is 12.3. The van der Waals surface area contributed by atoms with Crippen LogP contribution < -0.4 is 15.0 Å². The number of rotatable bonds is 5. The van der Waals surface area contributed by atoms with Crippen molar-refractivity contribution in [1.29, 1.82) is 0 Å². The Morgan fingerprint density at radius 3 is 2.57 bits per heavy atom. The molecule has 0 fully saturated rings. The molecule has 0 saturated heterocycles. The summed E-state index contributed by atoms with van der Waals surface area (Å²) in [5.74, 6) is 0.806. The zero-order valence-corrected chi connectivity index (χ0v) is 13.8. The van der Waals surface area contributed by atoms with Gasteiger partial charge in [-0.25, -0.2) is 0 Å². The van der Waals surface area contributed by atoms with Gasteiger partial charge in [0.05, 0.1) is 23.5 Å². The highest BCUT2D eigenvalue weighted by molar-refractivity contribution is 6.34. The van der Waals surface area contributed by atoms with Gasteiger partial charge in [0.15, 0.2) is 0 Å². The standard InChI is InChI=1S/C16H18Cl2N2O/c1-20(2)16-13(18)5-4-6-14(16)19-10-11-9-12(17)7-8-15(11)21-3/h4-9,19H,10H2,1-3H3. The topological polar surface area (TPSA) is 24.5 Å². The highest BCUT2D eigenvalue weighted by Crippen LogP contribution is 2.33. The molecule has 0 spiro atoms. The number of benzene rings is 2. The molecule has 0 atom stereocenters. The second kappa shape index (κ2) is 6.92. The maximum Gasteiger partial charge on any atom is 0.123 e. The highest BCUT2D eigenvalue weighted by atomic mass is 35.5. The van der Waals surface area contributed by atoms with Gasteiger partial charge in [-0.3, -0.25) is 0 Å². The van der Waals surface area contributed by atoms with E-state index in [4.69, 9.17) is 27.9 Å². The summed E-state index contributed by atoms with van der Waals surface area (Å²) in [6.45, 7) is 0.602. The van der Waals surface area contributed by atoms with Crippen molar-refractivity contribution in [2.24, 2.45) is 0 Å². The van der Waals surface area contributed by atoms with E-state index in [1.165, 1.54) is 0 Å².